The summed E-state index contributed by atoms with van der Waals surface area (Å²) in [4.78, 5) is 4.60. The Morgan fingerprint density at radius 1 is 1.42 bits per heavy atom. The van der Waals surface area contributed by atoms with E-state index in [4.69, 9.17) is 4.74 Å². The second kappa shape index (κ2) is 6.53. The van der Waals surface area contributed by atoms with Crippen molar-refractivity contribution in [1.29, 1.82) is 0 Å². The van der Waals surface area contributed by atoms with Gasteiger partial charge in [-0.1, -0.05) is 13.8 Å². The SMILES string of the molecule is CCCNC(c1nccn1CCC)C1(OC)CCC1. The minimum atomic E-state index is -0.0496. The lowest BCUT2D eigenvalue weighted by Gasteiger charge is -2.46. The van der Waals surface area contributed by atoms with E-state index >= 15 is 0 Å². The summed E-state index contributed by atoms with van der Waals surface area (Å²) in [5.41, 5.74) is -0.0496. The van der Waals surface area contributed by atoms with E-state index < -0.39 is 0 Å². The van der Waals surface area contributed by atoms with Crippen LogP contribution in [0.2, 0.25) is 0 Å². The molecule has 4 heteroatoms. The van der Waals surface area contributed by atoms with Gasteiger partial charge < -0.3 is 14.6 Å². The smallest absolute Gasteiger partial charge is 0.128 e. The Bertz CT molecular complexity index is 379. The number of rotatable bonds is 8. The summed E-state index contributed by atoms with van der Waals surface area (Å²) in [6, 6.07) is 0.216. The molecular weight excluding hydrogens is 238 g/mol. The third kappa shape index (κ3) is 2.84. The van der Waals surface area contributed by atoms with Crippen molar-refractivity contribution in [3.63, 3.8) is 0 Å². The van der Waals surface area contributed by atoms with Gasteiger partial charge in [0.05, 0.1) is 11.6 Å². The molecule has 1 unspecified atom stereocenters. The molecule has 0 bridgehead atoms. The van der Waals surface area contributed by atoms with Crippen LogP contribution in [0.3, 0.4) is 0 Å². The maximum Gasteiger partial charge on any atom is 0.128 e. The number of aromatic nitrogens is 2. The van der Waals surface area contributed by atoms with Crippen molar-refractivity contribution in [3.8, 4) is 0 Å². The monoisotopic (exact) mass is 265 g/mol. The highest BCUT2D eigenvalue weighted by Gasteiger charge is 2.46. The zero-order chi connectivity index (χ0) is 13.7. The molecule has 0 amide bonds. The van der Waals surface area contributed by atoms with E-state index in [1.54, 1.807) is 0 Å². The summed E-state index contributed by atoms with van der Waals surface area (Å²) in [7, 11) is 1.84. The highest BCUT2D eigenvalue weighted by atomic mass is 16.5. The van der Waals surface area contributed by atoms with E-state index in [-0.39, 0.29) is 11.6 Å². The Balaban J connectivity index is 2.23. The fourth-order valence-electron chi connectivity index (χ4n) is 2.95. The summed E-state index contributed by atoms with van der Waals surface area (Å²) >= 11 is 0. The fourth-order valence-corrected chi connectivity index (χ4v) is 2.95. The van der Waals surface area contributed by atoms with E-state index in [0.717, 1.165) is 44.6 Å². The molecule has 1 aliphatic rings. The first-order valence-electron chi connectivity index (χ1n) is 7.57. The number of hydrogen-bond donors (Lipinski definition) is 1. The van der Waals surface area contributed by atoms with Gasteiger partial charge >= 0.3 is 0 Å². The van der Waals surface area contributed by atoms with Crippen molar-refractivity contribution < 1.29 is 4.74 Å². The molecule has 1 aliphatic carbocycles. The fraction of sp³-hybridized carbons (Fsp3) is 0.800. The molecule has 2 rings (SSSR count). The van der Waals surface area contributed by atoms with Gasteiger partial charge in [0.2, 0.25) is 0 Å². The summed E-state index contributed by atoms with van der Waals surface area (Å²) < 4.78 is 8.14. The largest absolute Gasteiger partial charge is 0.376 e. The third-order valence-corrected chi connectivity index (χ3v) is 4.20. The molecule has 1 N–H and O–H groups in total. The zero-order valence-electron chi connectivity index (χ0n) is 12.5. The van der Waals surface area contributed by atoms with E-state index in [9.17, 15) is 0 Å². The van der Waals surface area contributed by atoms with Crippen LogP contribution in [0.25, 0.3) is 0 Å². The van der Waals surface area contributed by atoms with Crippen LogP contribution in [0, 0.1) is 0 Å². The molecule has 0 saturated heterocycles. The minimum Gasteiger partial charge on any atom is -0.376 e. The Labute approximate surface area is 116 Å². The van der Waals surface area contributed by atoms with Crippen LogP contribution in [0.4, 0.5) is 0 Å². The van der Waals surface area contributed by atoms with Crippen molar-refractivity contribution in [2.24, 2.45) is 0 Å². The Hall–Kier alpha value is -0.870. The van der Waals surface area contributed by atoms with Crippen LogP contribution >= 0.6 is 0 Å². The standard InChI is InChI=1S/C15H27N3O/c1-4-9-16-13(15(19-3)7-6-8-15)14-17-10-12-18(14)11-5-2/h10,12-13,16H,4-9,11H2,1-3H3. The molecule has 0 aliphatic heterocycles. The number of nitrogens with zero attached hydrogens (tertiary/aromatic N) is 2. The third-order valence-electron chi connectivity index (χ3n) is 4.20. The van der Waals surface area contributed by atoms with Gasteiger partial charge in [0.15, 0.2) is 0 Å². The maximum absolute atomic E-state index is 5.87. The molecule has 1 atom stereocenters. The normalized spacial score (nSPS) is 19.1. The van der Waals surface area contributed by atoms with Gasteiger partial charge in [-0.15, -0.1) is 0 Å². The van der Waals surface area contributed by atoms with Gasteiger partial charge in [0, 0.05) is 26.0 Å². The number of ether oxygens (including phenoxy) is 1. The molecule has 1 saturated carbocycles. The first-order valence-corrected chi connectivity index (χ1v) is 7.57. The van der Waals surface area contributed by atoms with Gasteiger partial charge in [-0.25, -0.2) is 4.98 Å². The second-order valence-electron chi connectivity index (χ2n) is 5.49. The van der Waals surface area contributed by atoms with Crippen LogP contribution in [-0.4, -0.2) is 28.8 Å². The Morgan fingerprint density at radius 3 is 2.74 bits per heavy atom. The summed E-state index contributed by atoms with van der Waals surface area (Å²) in [6.45, 7) is 6.44. The van der Waals surface area contributed by atoms with Crippen molar-refractivity contribution in [3.05, 3.63) is 18.2 Å². The number of aryl methyl sites for hydroxylation is 1. The molecule has 1 aromatic heterocycles. The van der Waals surface area contributed by atoms with E-state index in [1.807, 2.05) is 13.3 Å². The maximum atomic E-state index is 5.87. The van der Waals surface area contributed by atoms with Crippen LogP contribution < -0.4 is 5.32 Å². The highest BCUT2D eigenvalue weighted by Crippen LogP contribution is 2.44. The number of methoxy groups -OCH3 is 1. The molecule has 0 spiro atoms. The van der Waals surface area contributed by atoms with Crippen LogP contribution in [0.15, 0.2) is 12.4 Å². The van der Waals surface area contributed by atoms with Crippen molar-refractivity contribution in [1.82, 2.24) is 14.9 Å². The minimum absolute atomic E-state index is 0.0496. The van der Waals surface area contributed by atoms with Crippen molar-refractivity contribution >= 4 is 0 Å². The van der Waals surface area contributed by atoms with Gasteiger partial charge in [-0.05, 0) is 38.6 Å². The highest BCUT2D eigenvalue weighted by molar-refractivity contribution is 5.11. The van der Waals surface area contributed by atoms with E-state index in [2.05, 4.69) is 34.9 Å². The van der Waals surface area contributed by atoms with Crippen LogP contribution in [0.5, 0.6) is 0 Å². The molecule has 1 aromatic rings. The lowest BCUT2D eigenvalue weighted by atomic mass is 9.74. The average molecular weight is 265 g/mol. The molecule has 19 heavy (non-hydrogen) atoms. The van der Waals surface area contributed by atoms with Crippen molar-refractivity contribution in [2.75, 3.05) is 13.7 Å². The first-order chi connectivity index (χ1) is 9.27. The Morgan fingerprint density at radius 2 is 2.21 bits per heavy atom. The molecule has 0 aromatic carbocycles. The van der Waals surface area contributed by atoms with Gasteiger partial charge in [0.1, 0.15) is 5.82 Å². The van der Waals surface area contributed by atoms with Gasteiger partial charge in [0.25, 0.3) is 0 Å². The summed E-state index contributed by atoms with van der Waals surface area (Å²) in [5.74, 6) is 1.14. The number of hydrogen-bond acceptors (Lipinski definition) is 3. The lowest BCUT2D eigenvalue weighted by Crippen LogP contribution is -2.51. The van der Waals surface area contributed by atoms with Crippen LogP contribution in [0.1, 0.15) is 57.8 Å². The Kier molecular flexibility index (Phi) is 4.99. The predicted octanol–water partition coefficient (Wildman–Crippen LogP) is 2.90. The second-order valence-corrected chi connectivity index (χ2v) is 5.49. The van der Waals surface area contributed by atoms with E-state index in [1.165, 1.54) is 6.42 Å². The number of nitrogens with one attached hydrogen (secondary N) is 1. The van der Waals surface area contributed by atoms with Crippen molar-refractivity contribution in [2.45, 2.75) is 64.1 Å². The van der Waals surface area contributed by atoms with Gasteiger partial charge in [-0.3, -0.25) is 0 Å². The zero-order valence-corrected chi connectivity index (χ0v) is 12.5. The lowest BCUT2D eigenvalue weighted by molar-refractivity contribution is -0.102. The van der Waals surface area contributed by atoms with Gasteiger partial charge in [-0.2, -0.15) is 0 Å². The average Bonchev–Trinajstić information content (AvgIpc) is 2.81. The molecule has 0 radical (unpaired) electrons. The first kappa shape index (κ1) is 14.5. The molecular formula is C15H27N3O. The van der Waals surface area contributed by atoms with Crippen LogP contribution in [-0.2, 0) is 11.3 Å². The summed E-state index contributed by atoms with van der Waals surface area (Å²) in [5, 5.41) is 3.66. The molecule has 1 fully saturated rings. The van der Waals surface area contributed by atoms with E-state index in [0.29, 0.717) is 0 Å². The molecule has 108 valence electrons. The predicted molar refractivity (Wildman–Crippen MR) is 77.1 cm³/mol. The topological polar surface area (TPSA) is 39.1 Å². The molecule has 1 heterocycles. The number of imidazole rings is 1. The summed E-state index contributed by atoms with van der Waals surface area (Å²) in [6.07, 6.45) is 9.77. The quantitative estimate of drug-likeness (QED) is 0.785. The molecule has 4 nitrogen and oxygen atoms in total.